The van der Waals surface area contributed by atoms with Gasteiger partial charge in [0, 0.05) is 18.8 Å². The van der Waals surface area contributed by atoms with E-state index in [1.807, 2.05) is 17.3 Å². The van der Waals surface area contributed by atoms with Crippen molar-refractivity contribution in [1.29, 1.82) is 0 Å². The molecule has 0 bridgehead atoms. The molecule has 1 rings (SSSR count). The molecule has 2 unspecified atom stereocenters. The van der Waals surface area contributed by atoms with Crippen LogP contribution in [0.15, 0.2) is 24.6 Å². The molecule has 0 aromatic heterocycles. The van der Waals surface area contributed by atoms with Crippen LogP contribution in [0.4, 0.5) is 0 Å². The van der Waals surface area contributed by atoms with Crippen LogP contribution in [0, 0.1) is 0 Å². The van der Waals surface area contributed by atoms with E-state index in [0.717, 1.165) is 6.42 Å². The smallest absolute Gasteiger partial charge is 0.125 e. The number of nitrogens with one attached hydrogen (secondary N) is 1. The van der Waals surface area contributed by atoms with E-state index >= 15 is 0 Å². The van der Waals surface area contributed by atoms with Crippen LogP contribution in [0.1, 0.15) is 71.6 Å². The highest BCUT2D eigenvalue weighted by molar-refractivity contribution is 4.98. The van der Waals surface area contributed by atoms with Crippen molar-refractivity contribution >= 4 is 0 Å². The molecule has 0 saturated carbocycles. The summed E-state index contributed by atoms with van der Waals surface area (Å²) in [6.45, 7) is 4.06. The SMILES string of the molecule is CCCCCCCCC/C=C/CC1NC=CN1C(C)O. The van der Waals surface area contributed by atoms with Gasteiger partial charge in [0.25, 0.3) is 0 Å². The van der Waals surface area contributed by atoms with Gasteiger partial charge in [0.1, 0.15) is 12.4 Å². The molecule has 0 aromatic carbocycles. The van der Waals surface area contributed by atoms with E-state index in [4.69, 9.17) is 0 Å². The number of unbranched alkanes of at least 4 members (excludes halogenated alkanes) is 7. The lowest BCUT2D eigenvalue weighted by molar-refractivity contribution is 0.0293. The molecule has 0 spiro atoms. The first-order chi connectivity index (χ1) is 9.75. The minimum absolute atomic E-state index is 0.209. The van der Waals surface area contributed by atoms with Crippen molar-refractivity contribution in [3.63, 3.8) is 0 Å². The lowest BCUT2D eigenvalue weighted by Crippen LogP contribution is -2.40. The van der Waals surface area contributed by atoms with Gasteiger partial charge in [0.2, 0.25) is 0 Å². The molecule has 3 nitrogen and oxygen atoms in total. The molecule has 1 aliphatic rings. The number of hydrogen-bond donors (Lipinski definition) is 2. The van der Waals surface area contributed by atoms with Crippen LogP contribution < -0.4 is 5.32 Å². The van der Waals surface area contributed by atoms with E-state index in [1.54, 1.807) is 6.92 Å². The third-order valence-electron chi connectivity index (χ3n) is 3.83. The van der Waals surface area contributed by atoms with Gasteiger partial charge in [-0.1, -0.05) is 57.6 Å². The number of rotatable bonds is 11. The van der Waals surface area contributed by atoms with Crippen molar-refractivity contribution in [3.05, 3.63) is 24.6 Å². The van der Waals surface area contributed by atoms with Gasteiger partial charge in [-0.05, 0) is 19.8 Å². The molecule has 0 saturated heterocycles. The van der Waals surface area contributed by atoms with Crippen molar-refractivity contribution in [1.82, 2.24) is 10.2 Å². The quantitative estimate of drug-likeness (QED) is 0.441. The molecule has 3 heteroatoms. The largest absolute Gasteiger partial charge is 0.374 e. The highest BCUT2D eigenvalue weighted by atomic mass is 16.3. The van der Waals surface area contributed by atoms with E-state index in [-0.39, 0.29) is 6.17 Å². The van der Waals surface area contributed by atoms with Crippen molar-refractivity contribution in [2.45, 2.75) is 84.0 Å². The third kappa shape index (κ3) is 6.99. The summed E-state index contributed by atoms with van der Waals surface area (Å²) in [4.78, 5) is 1.94. The Bertz CT molecular complexity index is 287. The lowest BCUT2D eigenvalue weighted by atomic mass is 10.1. The molecule has 0 fully saturated rings. The second-order valence-electron chi connectivity index (χ2n) is 5.69. The molecule has 0 amide bonds. The predicted molar refractivity (Wildman–Crippen MR) is 86.0 cm³/mol. The zero-order chi connectivity index (χ0) is 14.6. The van der Waals surface area contributed by atoms with Crippen LogP contribution in [-0.2, 0) is 0 Å². The van der Waals surface area contributed by atoms with Crippen LogP contribution in [0.2, 0.25) is 0 Å². The maximum atomic E-state index is 9.59. The normalized spacial score (nSPS) is 19.8. The molecule has 2 atom stereocenters. The first kappa shape index (κ1) is 17.1. The average molecular weight is 280 g/mol. The molecular weight excluding hydrogens is 248 g/mol. The van der Waals surface area contributed by atoms with Gasteiger partial charge >= 0.3 is 0 Å². The van der Waals surface area contributed by atoms with E-state index < -0.39 is 6.23 Å². The minimum Gasteiger partial charge on any atom is -0.374 e. The van der Waals surface area contributed by atoms with Crippen LogP contribution in [-0.4, -0.2) is 22.4 Å². The Balaban J connectivity index is 1.97. The number of hydrogen-bond acceptors (Lipinski definition) is 3. The van der Waals surface area contributed by atoms with Crippen molar-refractivity contribution in [3.8, 4) is 0 Å². The van der Waals surface area contributed by atoms with Gasteiger partial charge in [0.15, 0.2) is 0 Å². The summed E-state index contributed by atoms with van der Waals surface area (Å²) in [5.41, 5.74) is 0. The lowest BCUT2D eigenvalue weighted by Gasteiger charge is -2.27. The van der Waals surface area contributed by atoms with E-state index in [1.165, 1.54) is 51.4 Å². The summed E-state index contributed by atoms with van der Waals surface area (Å²) >= 11 is 0. The zero-order valence-electron chi connectivity index (χ0n) is 13.2. The highest BCUT2D eigenvalue weighted by Gasteiger charge is 2.20. The van der Waals surface area contributed by atoms with Gasteiger partial charge in [-0.3, -0.25) is 0 Å². The first-order valence-electron chi connectivity index (χ1n) is 8.29. The number of allylic oxidation sites excluding steroid dienone is 1. The van der Waals surface area contributed by atoms with E-state index in [2.05, 4.69) is 24.4 Å². The summed E-state index contributed by atoms with van der Waals surface area (Å²) in [6, 6.07) is 0. The van der Waals surface area contributed by atoms with Crippen molar-refractivity contribution in [2.75, 3.05) is 0 Å². The molecule has 20 heavy (non-hydrogen) atoms. The summed E-state index contributed by atoms with van der Waals surface area (Å²) in [5, 5.41) is 12.8. The average Bonchev–Trinajstić information content (AvgIpc) is 2.89. The summed E-state index contributed by atoms with van der Waals surface area (Å²) < 4.78 is 0. The molecule has 0 radical (unpaired) electrons. The second-order valence-corrected chi connectivity index (χ2v) is 5.69. The maximum Gasteiger partial charge on any atom is 0.125 e. The Kier molecular flexibility index (Phi) is 9.22. The highest BCUT2D eigenvalue weighted by Crippen LogP contribution is 2.13. The molecule has 1 aliphatic heterocycles. The molecule has 116 valence electrons. The minimum atomic E-state index is -0.428. The van der Waals surface area contributed by atoms with Gasteiger partial charge < -0.3 is 15.3 Å². The Labute approximate surface area is 124 Å². The Morgan fingerprint density at radius 2 is 1.85 bits per heavy atom. The van der Waals surface area contributed by atoms with Crippen LogP contribution in [0.25, 0.3) is 0 Å². The molecule has 2 N–H and O–H groups in total. The summed E-state index contributed by atoms with van der Waals surface area (Å²) in [7, 11) is 0. The fourth-order valence-electron chi connectivity index (χ4n) is 2.57. The van der Waals surface area contributed by atoms with Crippen LogP contribution in [0.3, 0.4) is 0 Å². The van der Waals surface area contributed by atoms with Gasteiger partial charge in [-0.15, -0.1) is 0 Å². The monoisotopic (exact) mass is 280 g/mol. The van der Waals surface area contributed by atoms with E-state index in [0.29, 0.717) is 0 Å². The summed E-state index contributed by atoms with van der Waals surface area (Å²) in [5.74, 6) is 0. The topological polar surface area (TPSA) is 35.5 Å². The van der Waals surface area contributed by atoms with Gasteiger partial charge in [-0.25, -0.2) is 0 Å². The van der Waals surface area contributed by atoms with Crippen LogP contribution in [0.5, 0.6) is 0 Å². The molecule has 1 heterocycles. The molecule has 0 aliphatic carbocycles. The third-order valence-corrected chi connectivity index (χ3v) is 3.83. The Hall–Kier alpha value is -0.960. The van der Waals surface area contributed by atoms with Gasteiger partial charge in [-0.2, -0.15) is 0 Å². The van der Waals surface area contributed by atoms with E-state index in [9.17, 15) is 5.11 Å². The van der Waals surface area contributed by atoms with Crippen molar-refractivity contribution in [2.24, 2.45) is 0 Å². The Morgan fingerprint density at radius 3 is 2.55 bits per heavy atom. The fraction of sp³-hybridized carbons (Fsp3) is 0.765. The second kappa shape index (κ2) is 10.8. The zero-order valence-corrected chi connectivity index (χ0v) is 13.2. The van der Waals surface area contributed by atoms with Gasteiger partial charge in [0.05, 0.1) is 0 Å². The number of aliphatic hydroxyl groups is 1. The standard InChI is InChI=1S/C17H32N2O/c1-3-4-5-6-7-8-9-10-11-12-13-17-18-14-15-19(17)16(2)20/h11-12,14-18,20H,3-10,13H2,1-2H3/b12-11+. The first-order valence-corrected chi connectivity index (χ1v) is 8.29. The number of nitrogens with zero attached hydrogens (tertiary/aromatic N) is 1. The maximum absolute atomic E-state index is 9.59. The molecular formula is C17H32N2O. The van der Waals surface area contributed by atoms with Crippen molar-refractivity contribution < 1.29 is 5.11 Å². The fourth-order valence-corrected chi connectivity index (χ4v) is 2.57. The summed E-state index contributed by atoms with van der Waals surface area (Å²) in [6.07, 6.45) is 19.8. The van der Waals surface area contributed by atoms with Crippen LogP contribution >= 0.6 is 0 Å². The number of aliphatic hydroxyl groups excluding tert-OH is 1. The Morgan fingerprint density at radius 1 is 1.15 bits per heavy atom. The predicted octanol–water partition coefficient (Wildman–Crippen LogP) is 4.11. The molecule has 0 aromatic rings.